The summed E-state index contributed by atoms with van der Waals surface area (Å²) in [6, 6.07) is 6.41. The maximum Gasteiger partial charge on any atom is 0.320 e. The SMILES string of the molecule is NC(Cc1ccccc1C1CNC1=O)C(=O)O. The molecule has 1 saturated heterocycles. The number of hydrogen-bond acceptors (Lipinski definition) is 3. The van der Waals surface area contributed by atoms with E-state index in [4.69, 9.17) is 10.8 Å². The van der Waals surface area contributed by atoms with E-state index in [9.17, 15) is 9.59 Å². The van der Waals surface area contributed by atoms with Crippen LogP contribution in [0.3, 0.4) is 0 Å². The molecule has 0 saturated carbocycles. The Hall–Kier alpha value is -1.88. The molecule has 1 aromatic carbocycles. The van der Waals surface area contributed by atoms with Crippen molar-refractivity contribution in [2.75, 3.05) is 6.54 Å². The first kappa shape index (κ1) is 11.6. The summed E-state index contributed by atoms with van der Waals surface area (Å²) < 4.78 is 0. The molecule has 1 aliphatic rings. The van der Waals surface area contributed by atoms with E-state index in [0.29, 0.717) is 6.54 Å². The molecule has 0 aromatic heterocycles. The predicted molar refractivity (Wildman–Crippen MR) is 61.5 cm³/mol. The van der Waals surface area contributed by atoms with Crippen LogP contribution in [0.5, 0.6) is 0 Å². The summed E-state index contributed by atoms with van der Waals surface area (Å²) in [6.45, 7) is 0.609. The Morgan fingerprint density at radius 1 is 1.53 bits per heavy atom. The normalized spacial score (nSPS) is 20.3. The zero-order chi connectivity index (χ0) is 12.4. The first-order valence-corrected chi connectivity index (χ1v) is 5.43. The molecule has 2 rings (SSSR count). The second-order valence-electron chi connectivity index (χ2n) is 4.15. The highest BCUT2D eigenvalue weighted by Gasteiger charge is 2.31. The van der Waals surface area contributed by atoms with Crippen molar-refractivity contribution < 1.29 is 14.7 Å². The van der Waals surface area contributed by atoms with Gasteiger partial charge >= 0.3 is 5.97 Å². The van der Waals surface area contributed by atoms with Gasteiger partial charge in [0.2, 0.25) is 5.91 Å². The van der Waals surface area contributed by atoms with Crippen molar-refractivity contribution in [3.63, 3.8) is 0 Å². The summed E-state index contributed by atoms with van der Waals surface area (Å²) in [6.07, 6.45) is 0.245. The number of rotatable bonds is 4. The van der Waals surface area contributed by atoms with Crippen LogP contribution in [-0.2, 0) is 16.0 Å². The van der Waals surface area contributed by atoms with E-state index < -0.39 is 12.0 Å². The molecule has 17 heavy (non-hydrogen) atoms. The van der Waals surface area contributed by atoms with Crippen molar-refractivity contribution >= 4 is 11.9 Å². The number of nitrogens with two attached hydrogens (primary N) is 1. The molecule has 4 N–H and O–H groups in total. The third-order valence-electron chi connectivity index (χ3n) is 2.98. The van der Waals surface area contributed by atoms with Gasteiger partial charge in [-0.1, -0.05) is 24.3 Å². The lowest BCUT2D eigenvalue weighted by Gasteiger charge is -2.28. The molecule has 1 aromatic rings. The number of benzene rings is 1. The van der Waals surface area contributed by atoms with Gasteiger partial charge in [0, 0.05) is 6.54 Å². The third kappa shape index (κ3) is 2.29. The molecule has 0 radical (unpaired) electrons. The van der Waals surface area contributed by atoms with Crippen molar-refractivity contribution in [1.29, 1.82) is 0 Å². The summed E-state index contributed by atoms with van der Waals surface area (Å²) in [5.41, 5.74) is 7.23. The number of carbonyl (C=O) groups is 2. The van der Waals surface area contributed by atoms with Crippen LogP contribution in [0.15, 0.2) is 24.3 Å². The lowest BCUT2D eigenvalue weighted by Crippen LogP contribution is -2.47. The van der Waals surface area contributed by atoms with Gasteiger partial charge in [0.15, 0.2) is 0 Å². The van der Waals surface area contributed by atoms with Crippen molar-refractivity contribution in [3.05, 3.63) is 35.4 Å². The lowest BCUT2D eigenvalue weighted by atomic mass is 9.87. The minimum Gasteiger partial charge on any atom is -0.480 e. The summed E-state index contributed by atoms with van der Waals surface area (Å²) in [5.74, 6) is -1.20. The van der Waals surface area contributed by atoms with Gasteiger partial charge in [-0.3, -0.25) is 9.59 Å². The van der Waals surface area contributed by atoms with Crippen LogP contribution in [0.25, 0.3) is 0 Å². The van der Waals surface area contributed by atoms with Gasteiger partial charge in [0.1, 0.15) is 6.04 Å². The smallest absolute Gasteiger partial charge is 0.320 e. The topological polar surface area (TPSA) is 92.4 Å². The van der Waals surface area contributed by atoms with Crippen molar-refractivity contribution in [2.45, 2.75) is 18.4 Å². The van der Waals surface area contributed by atoms with E-state index in [1.165, 1.54) is 0 Å². The number of carboxylic acids is 1. The quantitative estimate of drug-likeness (QED) is 0.632. The first-order valence-electron chi connectivity index (χ1n) is 5.43. The number of amides is 1. The molecule has 1 heterocycles. The van der Waals surface area contributed by atoms with E-state index in [1.807, 2.05) is 24.3 Å². The molecule has 2 unspecified atom stereocenters. The Morgan fingerprint density at radius 3 is 2.76 bits per heavy atom. The number of hydrogen-bond donors (Lipinski definition) is 3. The largest absolute Gasteiger partial charge is 0.480 e. The zero-order valence-electron chi connectivity index (χ0n) is 9.22. The third-order valence-corrected chi connectivity index (χ3v) is 2.98. The maximum absolute atomic E-state index is 11.3. The van der Waals surface area contributed by atoms with E-state index in [1.54, 1.807) is 0 Å². The van der Waals surface area contributed by atoms with E-state index in [0.717, 1.165) is 11.1 Å². The minimum absolute atomic E-state index is 0.0126. The minimum atomic E-state index is -1.03. The Bertz CT molecular complexity index is 459. The zero-order valence-corrected chi connectivity index (χ0v) is 9.22. The average molecular weight is 234 g/mol. The highest BCUT2D eigenvalue weighted by molar-refractivity contribution is 5.89. The van der Waals surface area contributed by atoms with E-state index >= 15 is 0 Å². The van der Waals surface area contributed by atoms with Gasteiger partial charge in [0.05, 0.1) is 5.92 Å². The Balaban J connectivity index is 2.21. The summed E-state index contributed by atoms with van der Waals surface area (Å²) in [5, 5.41) is 11.5. The molecule has 1 aliphatic heterocycles. The van der Waals surface area contributed by atoms with Gasteiger partial charge < -0.3 is 16.2 Å². The molecular weight excluding hydrogens is 220 g/mol. The number of β-lactam (4-membered cyclic amide) rings is 1. The summed E-state index contributed by atoms with van der Waals surface area (Å²) in [7, 11) is 0. The van der Waals surface area contributed by atoms with Crippen LogP contribution in [0, 0.1) is 0 Å². The lowest BCUT2D eigenvalue weighted by molar-refractivity contribution is -0.138. The molecule has 1 fully saturated rings. The highest BCUT2D eigenvalue weighted by Crippen LogP contribution is 2.25. The molecule has 0 bridgehead atoms. The second kappa shape index (κ2) is 4.55. The van der Waals surface area contributed by atoms with Gasteiger partial charge in [0.25, 0.3) is 0 Å². The number of carboxylic acid groups (broad SMARTS) is 1. The van der Waals surface area contributed by atoms with E-state index in [-0.39, 0.29) is 18.2 Å². The van der Waals surface area contributed by atoms with E-state index in [2.05, 4.69) is 5.32 Å². The van der Waals surface area contributed by atoms with Crippen LogP contribution in [0.1, 0.15) is 17.0 Å². The van der Waals surface area contributed by atoms with Crippen LogP contribution >= 0.6 is 0 Å². The van der Waals surface area contributed by atoms with Crippen LogP contribution in [0.4, 0.5) is 0 Å². The van der Waals surface area contributed by atoms with Gasteiger partial charge in [-0.05, 0) is 17.5 Å². The molecule has 0 spiro atoms. The van der Waals surface area contributed by atoms with Crippen molar-refractivity contribution in [1.82, 2.24) is 5.32 Å². The fourth-order valence-corrected chi connectivity index (χ4v) is 1.92. The highest BCUT2D eigenvalue weighted by atomic mass is 16.4. The molecule has 90 valence electrons. The standard InChI is InChI=1S/C12H14N2O3/c13-10(12(16)17)5-7-3-1-2-4-8(7)9-6-14-11(9)15/h1-4,9-10H,5-6,13H2,(H,14,15)(H,16,17). The number of aliphatic carboxylic acids is 1. The molecular formula is C12H14N2O3. The summed E-state index contributed by atoms with van der Waals surface area (Å²) >= 11 is 0. The van der Waals surface area contributed by atoms with Crippen LogP contribution in [-0.4, -0.2) is 29.6 Å². The van der Waals surface area contributed by atoms with Crippen molar-refractivity contribution in [2.24, 2.45) is 5.73 Å². The Kier molecular flexibility index (Phi) is 3.10. The molecule has 0 aliphatic carbocycles. The number of nitrogens with one attached hydrogen (secondary N) is 1. The second-order valence-corrected chi connectivity index (χ2v) is 4.15. The van der Waals surface area contributed by atoms with Crippen LogP contribution in [0.2, 0.25) is 0 Å². The molecule has 1 amide bonds. The molecule has 2 atom stereocenters. The van der Waals surface area contributed by atoms with Gasteiger partial charge in [-0.25, -0.2) is 0 Å². The maximum atomic E-state index is 11.3. The monoisotopic (exact) mass is 234 g/mol. The fraction of sp³-hybridized carbons (Fsp3) is 0.333. The van der Waals surface area contributed by atoms with Gasteiger partial charge in [-0.15, -0.1) is 0 Å². The van der Waals surface area contributed by atoms with Crippen molar-refractivity contribution in [3.8, 4) is 0 Å². The molecule has 5 heteroatoms. The molecule has 5 nitrogen and oxygen atoms in total. The predicted octanol–water partition coefficient (Wildman–Crippen LogP) is -0.146. The van der Waals surface area contributed by atoms with Crippen LogP contribution < -0.4 is 11.1 Å². The Labute approximate surface area is 98.6 Å². The Morgan fingerprint density at radius 2 is 2.24 bits per heavy atom. The first-order chi connectivity index (χ1) is 8.09. The van der Waals surface area contributed by atoms with Gasteiger partial charge in [-0.2, -0.15) is 0 Å². The number of carbonyl (C=O) groups excluding carboxylic acids is 1. The summed E-state index contributed by atoms with van der Waals surface area (Å²) in [4.78, 5) is 22.1. The fourth-order valence-electron chi connectivity index (χ4n) is 1.92. The average Bonchev–Trinajstić information content (AvgIpc) is 2.29.